The Bertz CT molecular complexity index is 941. The van der Waals surface area contributed by atoms with Gasteiger partial charge in [0, 0.05) is 32.6 Å². The van der Waals surface area contributed by atoms with Crippen molar-refractivity contribution in [3.63, 3.8) is 0 Å². The summed E-state index contributed by atoms with van der Waals surface area (Å²) in [7, 11) is 4.01. The van der Waals surface area contributed by atoms with Crippen molar-refractivity contribution in [3.8, 4) is 0 Å². The van der Waals surface area contributed by atoms with E-state index in [-0.39, 0.29) is 23.1 Å². The molecular formula is C25H33N3O3. The number of nitrogens with zero attached hydrogens (tertiary/aromatic N) is 2. The van der Waals surface area contributed by atoms with Crippen LogP contribution in [0.25, 0.3) is 0 Å². The van der Waals surface area contributed by atoms with E-state index in [1.54, 1.807) is 6.07 Å². The SMILES string of the molecule is Cc1ccc(C(=O)N2CCC3(CC2)CC(CC(=O)NCCN(C)C)c2ccccc23)o1. The normalized spacial score (nSPS) is 19.6. The molecule has 1 aliphatic heterocycles. The molecule has 0 saturated carbocycles. The van der Waals surface area contributed by atoms with Crippen molar-refractivity contribution in [3.05, 3.63) is 59.0 Å². The van der Waals surface area contributed by atoms with Crippen LogP contribution in [0, 0.1) is 6.92 Å². The van der Waals surface area contributed by atoms with Gasteiger partial charge in [0.2, 0.25) is 5.91 Å². The van der Waals surface area contributed by atoms with Gasteiger partial charge in [-0.05, 0) is 74.9 Å². The van der Waals surface area contributed by atoms with Crippen molar-refractivity contribution >= 4 is 11.8 Å². The number of fused-ring (bicyclic) bond motifs is 2. The van der Waals surface area contributed by atoms with Gasteiger partial charge >= 0.3 is 0 Å². The molecule has 1 spiro atoms. The van der Waals surface area contributed by atoms with Gasteiger partial charge in [-0.3, -0.25) is 9.59 Å². The van der Waals surface area contributed by atoms with Crippen LogP contribution >= 0.6 is 0 Å². The number of hydrogen-bond acceptors (Lipinski definition) is 4. The van der Waals surface area contributed by atoms with E-state index in [1.807, 2.05) is 32.0 Å². The lowest BCUT2D eigenvalue weighted by molar-refractivity contribution is -0.121. The van der Waals surface area contributed by atoms with Crippen LogP contribution in [-0.4, -0.2) is 61.9 Å². The fourth-order valence-corrected chi connectivity index (χ4v) is 5.24. The summed E-state index contributed by atoms with van der Waals surface area (Å²) in [5, 5.41) is 3.06. The number of rotatable bonds is 6. The maximum Gasteiger partial charge on any atom is 0.289 e. The highest BCUT2D eigenvalue weighted by Crippen LogP contribution is 2.52. The molecule has 1 aliphatic carbocycles. The average Bonchev–Trinajstić information content (AvgIpc) is 3.30. The largest absolute Gasteiger partial charge is 0.456 e. The third-order valence-electron chi connectivity index (χ3n) is 6.88. The molecule has 0 bridgehead atoms. The van der Waals surface area contributed by atoms with Crippen molar-refractivity contribution in [2.75, 3.05) is 40.3 Å². The highest BCUT2D eigenvalue weighted by Gasteiger charge is 2.46. The molecule has 1 unspecified atom stereocenters. The molecule has 166 valence electrons. The lowest BCUT2D eigenvalue weighted by Crippen LogP contribution is -2.44. The molecule has 0 radical (unpaired) electrons. The van der Waals surface area contributed by atoms with Crippen LogP contribution in [0.2, 0.25) is 0 Å². The van der Waals surface area contributed by atoms with Crippen LogP contribution < -0.4 is 5.32 Å². The van der Waals surface area contributed by atoms with Crippen LogP contribution in [0.3, 0.4) is 0 Å². The smallest absolute Gasteiger partial charge is 0.289 e. The summed E-state index contributed by atoms with van der Waals surface area (Å²) < 4.78 is 5.54. The maximum absolute atomic E-state index is 12.8. The van der Waals surface area contributed by atoms with Crippen molar-refractivity contribution in [1.29, 1.82) is 0 Å². The first kappa shape index (κ1) is 21.6. The highest BCUT2D eigenvalue weighted by atomic mass is 16.3. The third-order valence-corrected chi connectivity index (χ3v) is 6.88. The first-order valence-corrected chi connectivity index (χ1v) is 11.2. The van der Waals surface area contributed by atoms with Gasteiger partial charge in [-0.2, -0.15) is 0 Å². The molecule has 1 aromatic carbocycles. The summed E-state index contributed by atoms with van der Waals surface area (Å²) in [6, 6.07) is 12.2. The topological polar surface area (TPSA) is 65.8 Å². The van der Waals surface area contributed by atoms with Gasteiger partial charge in [-0.1, -0.05) is 24.3 Å². The molecule has 6 nitrogen and oxygen atoms in total. The Hall–Kier alpha value is -2.60. The second kappa shape index (κ2) is 8.87. The number of aryl methyl sites for hydroxylation is 1. The minimum absolute atomic E-state index is 0.0222. The van der Waals surface area contributed by atoms with E-state index in [0.29, 0.717) is 31.8 Å². The summed E-state index contributed by atoms with van der Waals surface area (Å²) in [6.07, 6.45) is 3.36. The first-order valence-electron chi connectivity index (χ1n) is 11.2. The number of furan rings is 1. The van der Waals surface area contributed by atoms with Gasteiger partial charge < -0.3 is 19.5 Å². The van der Waals surface area contributed by atoms with Gasteiger partial charge in [0.25, 0.3) is 5.91 Å². The second-order valence-corrected chi connectivity index (χ2v) is 9.33. The van der Waals surface area contributed by atoms with Crippen LogP contribution in [-0.2, 0) is 10.2 Å². The molecule has 1 aromatic heterocycles. The molecule has 1 fully saturated rings. The summed E-state index contributed by atoms with van der Waals surface area (Å²) in [6.45, 7) is 4.81. The van der Waals surface area contributed by atoms with E-state index in [0.717, 1.165) is 31.6 Å². The van der Waals surface area contributed by atoms with E-state index < -0.39 is 0 Å². The van der Waals surface area contributed by atoms with Gasteiger partial charge in [0.05, 0.1) is 0 Å². The van der Waals surface area contributed by atoms with Gasteiger partial charge in [-0.15, -0.1) is 0 Å². The van der Waals surface area contributed by atoms with Crippen molar-refractivity contribution < 1.29 is 14.0 Å². The van der Waals surface area contributed by atoms with Crippen LogP contribution in [0.4, 0.5) is 0 Å². The Balaban J connectivity index is 1.42. The van der Waals surface area contributed by atoms with E-state index >= 15 is 0 Å². The van der Waals surface area contributed by atoms with E-state index in [1.165, 1.54) is 11.1 Å². The lowest BCUT2D eigenvalue weighted by atomic mass is 9.73. The molecule has 2 amide bonds. The molecule has 2 aromatic rings. The molecule has 4 rings (SSSR count). The zero-order valence-corrected chi connectivity index (χ0v) is 18.8. The molecule has 1 atom stereocenters. The molecule has 6 heteroatoms. The molecule has 2 heterocycles. The number of carbonyl (C=O) groups is 2. The monoisotopic (exact) mass is 423 g/mol. The van der Waals surface area contributed by atoms with E-state index in [4.69, 9.17) is 4.42 Å². The average molecular weight is 424 g/mol. The third kappa shape index (κ3) is 4.54. The highest BCUT2D eigenvalue weighted by molar-refractivity contribution is 5.91. The summed E-state index contributed by atoms with van der Waals surface area (Å²) in [4.78, 5) is 29.3. The van der Waals surface area contributed by atoms with E-state index in [9.17, 15) is 9.59 Å². The standard InChI is InChI=1S/C25H33N3O3/c1-18-8-9-22(31-18)24(30)28-13-10-25(11-14-28)17-19(20-6-4-5-7-21(20)25)16-23(29)26-12-15-27(2)3/h4-9,19H,10-17H2,1-3H3,(H,26,29). The molecule has 2 aliphatic rings. The lowest BCUT2D eigenvalue weighted by Gasteiger charge is -2.40. The summed E-state index contributed by atoms with van der Waals surface area (Å²) >= 11 is 0. The van der Waals surface area contributed by atoms with Gasteiger partial charge in [0.1, 0.15) is 5.76 Å². The zero-order valence-electron chi connectivity index (χ0n) is 18.8. The van der Waals surface area contributed by atoms with Crippen molar-refractivity contribution in [2.24, 2.45) is 0 Å². The Morgan fingerprint density at radius 3 is 2.58 bits per heavy atom. The number of likely N-dealkylation sites (tertiary alicyclic amines) is 1. The number of piperidine rings is 1. The molecule has 1 N–H and O–H groups in total. The minimum Gasteiger partial charge on any atom is -0.456 e. The number of likely N-dealkylation sites (N-methyl/N-ethyl adjacent to an activating group) is 1. The number of carbonyl (C=O) groups excluding carboxylic acids is 2. The van der Waals surface area contributed by atoms with Crippen molar-refractivity contribution in [1.82, 2.24) is 15.1 Å². The summed E-state index contributed by atoms with van der Waals surface area (Å²) in [5.41, 5.74) is 2.75. The number of nitrogens with one attached hydrogen (secondary N) is 1. The fraction of sp³-hybridized carbons (Fsp3) is 0.520. The van der Waals surface area contributed by atoms with E-state index in [2.05, 4.69) is 34.5 Å². The number of benzene rings is 1. The second-order valence-electron chi connectivity index (χ2n) is 9.33. The van der Waals surface area contributed by atoms with Gasteiger partial charge in [0.15, 0.2) is 5.76 Å². The van der Waals surface area contributed by atoms with Gasteiger partial charge in [-0.25, -0.2) is 0 Å². The molecule has 1 saturated heterocycles. The van der Waals surface area contributed by atoms with Crippen LogP contribution in [0.5, 0.6) is 0 Å². The maximum atomic E-state index is 12.8. The Labute approximate surface area is 184 Å². The predicted octanol–water partition coefficient (Wildman–Crippen LogP) is 3.32. The molecule has 31 heavy (non-hydrogen) atoms. The van der Waals surface area contributed by atoms with Crippen LogP contribution in [0.1, 0.15) is 59.0 Å². The Morgan fingerprint density at radius 1 is 1.16 bits per heavy atom. The predicted molar refractivity (Wildman–Crippen MR) is 120 cm³/mol. The zero-order chi connectivity index (χ0) is 22.0. The van der Waals surface area contributed by atoms with Crippen molar-refractivity contribution in [2.45, 2.75) is 43.9 Å². The van der Waals surface area contributed by atoms with Crippen LogP contribution in [0.15, 0.2) is 40.8 Å². The quantitative estimate of drug-likeness (QED) is 0.774. The fourth-order valence-electron chi connectivity index (χ4n) is 5.24. The minimum atomic E-state index is -0.0222. The number of hydrogen-bond donors (Lipinski definition) is 1. The Morgan fingerprint density at radius 2 is 1.90 bits per heavy atom. The summed E-state index contributed by atoms with van der Waals surface area (Å²) in [5.74, 6) is 1.52. The Kier molecular flexibility index (Phi) is 6.19. The number of amides is 2. The first-order chi connectivity index (χ1) is 14.9. The molecular weight excluding hydrogens is 390 g/mol.